The smallest absolute Gasteiger partial charge is 0.343 e. The molecule has 5 rings (SSSR count). The zero-order valence-corrected chi connectivity index (χ0v) is 33.9. The fourth-order valence-corrected chi connectivity index (χ4v) is 6.04. The Labute approximate surface area is 344 Å². The molecule has 0 atom stereocenters. The van der Waals surface area contributed by atoms with Crippen molar-refractivity contribution in [1.29, 1.82) is 0 Å². The van der Waals surface area contributed by atoms with E-state index in [4.69, 9.17) is 18.9 Å². The van der Waals surface area contributed by atoms with Crippen LogP contribution in [0.15, 0.2) is 131 Å². The number of esters is 2. The Balaban J connectivity index is 1.03. The molecule has 0 fully saturated rings. The molecule has 0 aliphatic heterocycles. The molecule has 0 heterocycles. The van der Waals surface area contributed by atoms with E-state index in [-0.39, 0.29) is 11.5 Å². The van der Waals surface area contributed by atoms with Gasteiger partial charge in [-0.1, -0.05) is 84.1 Å². The van der Waals surface area contributed by atoms with Crippen LogP contribution in [0.1, 0.15) is 123 Å². The Morgan fingerprint density at radius 1 is 0.448 bits per heavy atom. The van der Waals surface area contributed by atoms with E-state index in [0.29, 0.717) is 22.5 Å². The van der Waals surface area contributed by atoms with Crippen molar-refractivity contribution in [3.8, 4) is 23.0 Å². The van der Waals surface area contributed by atoms with Gasteiger partial charge in [0.15, 0.2) is 0 Å². The van der Waals surface area contributed by atoms with Crippen LogP contribution in [0.2, 0.25) is 0 Å². The molecule has 8 heteroatoms. The molecular formula is C50H56N2O6. The van der Waals surface area contributed by atoms with Crippen LogP contribution in [0.3, 0.4) is 0 Å². The van der Waals surface area contributed by atoms with E-state index in [1.165, 1.54) is 70.3 Å². The first-order chi connectivity index (χ1) is 28.5. The van der Waals surface area contributed by atoms with Gasteiger partial charge in [0.1, 0.15) is 23.0 Å². The molecule has 0 saturated heterocycles. The fourth-order valence-electron chi connectivity index (χ4n) is 6.04. The zero-order chi connectivity index (χ0) is 40.6. The van der Waals surface area contributed by atoms with Gasteiger partial charge in [-0.05, 0) is 133 Å². The van der Waals surface area contributed by atoms with E-state index in [1.807, 2.05) is 48.5 Å². The lowest BCUT2D eigenvalue weighted by Gasteiger charge is -2.08. The normalized spacial score (nSPS) is 11.2. The van der Waals surface area contributed by atoms with Crippen LogP contribution in [-0.2, 0) is 0 Å². The third-order valence-corrected chi connectivity index (χ3v) is 9.45. The molecule has 0 unspecified atom stereocenters. The molecule has 0 amide bonds. The zero-order valence-electron chi connectivity index (χ0n) is 33.9. The van der Waals surface area contributed by atoms with Gasteiger partial charge in [-0.25, -0.2) is 9.59 Å². The molecule has 0 bridgehead atoms. The first-order valence-electron chi connectivity index (χ1n) is 20.8. The Morgan fingerprint density at radius 3 is 1.22 bits per heavy atom. The third kappa shape index (κ3) is 15.5. The monoisotopic (exact) mass is 780 g/mol. The second-order valence-electron chi connectivity index (χ2n) is 14.2. The number of nitrogens with zero attached hydrogens (tertiary/aromatic N) is 2. The first-order valence-corrected chi connectivity index (χ1v) is 20.8. The third-order valence-electron chi connectivity index (χ3n) is 9.45. The minimum Gasteiger partial charge on any atom is -0.494 e. The molecule has 5 aromatic rings. The van der Waals surface area contributed by atoms with Gasteiger partial charge in [-0.15, -0.1) is 0 Å². The second kappa shape index (κ2) is 24.6. The number of unbranched alkanes of at least 4 members (excludes halogenated alkanes) is 10. The van der Waals surface area contributed by atoms with Crippen molar-refractivity contribution in [2.75, 3.05) is 13.2 Å². The van der Waals surface area contributed by atoms with Crippen LogP contribution in [0.5, 0.6) is 23.0 Å². The number of hydrogen-bond acceptors (Lipinski definition) is 8. The van der Waals surface area contributed by atoms with Crippen LogP contribution in [0.4, 0.5) is 11.4 Å². The summed E-state index contributed by atoms with van der Waals surface area (Å²) in [6.45, 7) is 5.91. The van der Waals surface area contributed by atoms with Crippen LogP contribution in [0, 0.1) is 0 Å². The number of benzene rings is 5. The van der Waals surface area contributed by atoms with Crippen molar-refractivity contribution in [3.05, 3.63) is 144 Å². The quantitative estimate of drug-likeness (QED) is 0.0268. The summed E-state index contributed by atoms with van der Waals surface area (Å²) >= 11 is 0. The summed E-state index contributed by atoms with van der Waals surface area (Å²) in [6.07, 6.45) is 18.4. The Hall–Kier alpha value is -6.02. The van der Waals surface area contributed by atoms with E-state index >= 15 is 0 Å². The molecule has 0 spiro atoms. The van der Waals surface area contributed by atoms with Crippen LogP contribution in [0.25, 0.3) is 0 Å². The maximum Gasteiger partial charge on any atom is 0.343 e. The minimum absolute atomic E-state index is 0.249. The predicted octanol–water partition coefficient (Wildman–Crippen LogP) is 13.1. The van der Waals surface area contributed by atoms with Crippen molar-refractivity contribution in [2.45, 2.75) is 90.9 Å². The van der Waals surface area contributed by atoms with Crippen LogP contribution < -0.4 is 18.9 Å². The van der Waals surface area contributed by atoms with Gasteiger partial charge >= 0.3 is 11.9 Å². The summed E-state index contributed by atoms with van der Waals surface area (Å²) in [5.74, 6) is 1.12. The summed E-state index contributed by atoms with van der Waals surface area (Å²) in [5.41, 5.74) is 4.01. The highest BCUT2D eigenvalue weighted by atomic mass is 16.5. The molecule has 0 N–H and O–H groups in total. The van der Waals surface area contributed by atoms with Gasteiger partial charge in [0.05, 0.1) is 35.7 Å². The number of aliphatic imine (C=N–C) groups is 2. The molecule has 5 aromatic carbocycles. The van der Waals surface area contributed by atoms with Crippen LogP contribution >= 0.6 is 0 Å². The van der Waals surface area contributed by atoms with Gasteiger partial charge in [-0.3, -0.25) is 9.98 Å². The van der Waals surface area contributed by atoms with Crippen molar-refractivity contribution in [3.63, 3.8) is 0 Å². The summed E-state index contributed by atoms with van der Waals surface area (Å²) in [4.78, 5) is 34.9. The Morgan fingerprint density at radius 2 is 0.828 bits per heavy atom. The maximum atomic E-state index is 12.9. The van der Waals surface area contributed by atoms with Crippen LogP contribution in [-0.4, -0.2) is 37.6 Å². The van der Waals surface area contributed by atoms with E-state index in [2.05, 4.69) is 23.8 Å². The largest absolute Gasteiger partial charge is 0.494 e. The molecule has 0 radical (unpaired) electrons. The number of ether oxygens (including phenoxy) is 4. The lowest BCUT2D eigenvalue weighted by atomic mass is 10.1. The van der Waals surface area contributed by atoms with Crippen molar-refractivity contribution >= 4 is 35.7 Å². The Kier molecular flexibility index (Phi) is 18.3. The molecule has 302 valence electrons. The van der Waals surface area contributed by atoms with Gasteiger partial charge < -0.3 is 18.9 Å². The SMILES string of the molecule is CCCCCCCCOc1ccc(C=Nc2ccc(C(=O)Oc3cccc(OC(=O)c4ccc(N=Cc5ccc(OCCCCCCCC)cc5)cc4)c3)cc2)cc1. The van der Waals surface area contributed by atoms with Gasteiger partial charge in [0, 0.05) is 18.5 Å². The van der Waals surface area contributed by atoms with Crippen molar-refractivity contribution in [1.82, 2.24) is 0 Å². The maximum absolute atomic E-state index is 12.9. The van der Waals surface area contributed by atoms with E-state index in [0.717, 1.165) is 48.7 Å². The highest BCUT2D eigenvalue weighted by Gasteiger charge is 2.12. The van der Waals surface area contributed by atoms with E-state index in [1.54, 1.807) is 79.2 Å². The average molecular weight is 781 g/mol. The summed E-state index contributed by atoms with van der Waals surface area (Å²) in [6, 6.07) is 35.8. The number of rotatable bonds is 24. The summed E-state index contributed by atoms with van der Waals surface area (Å²) in [5, 5.41) is 0. The molecule has 8 nitrogen and oxygen atoms in total. The van der Waals surface area contributed by atoms with E-state index in [9.17, 15) is 9.59 Å². The highest BCUT2D eigenvalue weighted by molar-refractivity contribution is 5.93. The molecule has 0 aliphatic carbocycles. The predicted molar refractivity (Wildman–Crippen MR) is 234 cm³/mol. The number of carbonyl (C=O) groups is 2. The van der Waals surface area contributed by atoms with Gasteiger partial charge in [0.2, 0.25) is 0 Å². The lowest BCUT2D eigenvalue weighted by molar-refractivity contribution is 0.0733. The molecule has 0 aromatic heterocycles. The topological polar surface area (TPSA) is 95.8 Å². The van der Waals surface area contributed by atoms with E-state index < -0.39 is 11.9 Å². The van der Waals surface area contributed by atoms with Crippen molar-refractivity contribution in [2.24, 2.45) is 9.98 Å². The average Bonchev–Trinajstić information content (AvgIpc) is 3.25. The first kappa shape index (κ1) is 43.1. The highest BCUT2D eigenvalue weighted by Crippen LogP contribution is 2.24. The lowest BCUT2D eigenvalue weighted by Crippen LogP contribution is -2.10. The molecule has 58 heavy (non-hydrogen) atoms. The summed E-state index contributed by atoms with van der Waals surface area (Å²) in [7, 11) is 0. The summed E-state index contributed by atoms with van der Waals surface area (Å²) < 4.78 is 22.9. The fraction of sp³-hybridized carbons (Fsp3) is 0.320. The van der Waals surface area contributed by atoms with Crippen molar-refractivity contribution < 1.29 is 28.5 Å². The number of hydrogen-bond donors (Lipinski definition) is 0. The molecule has 0 aliphatic rings. The van der Waals surface area contributed by atoms with Gasteiger partial charge in [-0.2, -0.15) is 0 Å². The minimum atomic E-state index is -0.542. The Bertz CT molecular complexity index is 1880. The second-order valence-corrected chi connectivity index (χ2v) is 14.2. The molecule has 0 saturated carbocycles. The standard InChI is InChI=1S/C50H56N2O6/c1-3-5-7-9-11-13-34-55-45-30-18-39(19-31-45)37-51-43-26-22-41(23-27-43)49(53)57-47-16-15-17-48(36-47)58-50(54)42-24-28-44(29-25-42)52-38-40-20-32-46(33-21-40)56-35-14-12-10-8-6-4-2/h15-33,36-38H,3-14,34-35H2,1-2H3. The molecular weight excluding hydrogens is 725 g/mol. The number of carbonyl (C=O) groups excluding carboxylic acids is 2. The van der Waals surface area contributed by atoms with Gasteiger partial charge in [0.25, 0.3) is 0 Å².